The lowest BCUT2D eigenvalue weighted by Gasteiger charge is -1.98. The highest BCUT2D eigenvalue weighted by Gasteiger charge is 2.13. The minimum absolute atomic E-state index is 0.0713. The molecule has 0 aliphatic carbocycles. The van der Waals surface area contributed by atoms with Crippen molar-refractivity contribution in [1.82, 2.24) is 10.2 Å². The molecule has 2 aromatic rings. The van der Waals surface area contributed by atoms with Crippen LogP contribution in [-0.2, 0) is 0 Å². The molecule has 2 N–H and O–H groups in total. The van der Waals surface area contributed by atoms with Crippen LogP contribution in [0.25, 0.3) is 0 Å². The van der Waals surface area contributed by atoms with Crippen LogP contribution in [0.4, 0.5) is 5.82 Å². The van der Waals surface area contributed by atoms with Gasteiger partial charge in [-0.2, -0.15) is 5.10 Å². The number of halogens is 1. The van der Waals surface area contributed by atoms with Gasteiger partial charge in [0.25, 0.3) is 5.91 Å². The van der Waals surface area contributed by atoms with Crippen LogP contribution in [0, 0.1) is 0 Å². The fourth-order valence-corrected chi connectivity index (χ4v) is 1.17. The van der Waals surface area contributed by atoms with Crippen molar-refractivity contribution in [1.29, 1.82) is 0 Å². The van der Waals surface area contributed by atoms with E-state index >= 15 is 0 Å². The summed E-state index contributed by atoms with van der Waals surface area (Å²) in [5.41, 5.74) is 0.293. The van der Waals surface area contributed by atoms with Gasteiger partial charge in [0.1, 0.15) is 5.82 Å². The molecule has 14 heavy (non-hydrogen) atoms. The van der Waals surface area contributed by atoms with E-state index < -0.39 is 0 Å². The molecular weight excluding hydrogens is 206 g/mol. The van der Waals surface area contributed by atoms with Crippen molar-refractivity contribution in [3.63, 3.8) is 0 Å². The minimum atomic E-state index is -0.340. The first kappa shape index (κ1) is 8.83. The predicted octanol–water partition coefficient (Wildman–Crippen LogP) is 1.91. The zero-order valence-corrected chi connectivity index (χ0v) is 7.71. The number of anilines is 1. The smallest absolute Gasteiger partial charge is 0.261 e. The molecule has 0 unspecified atom stereocenters. The van der Waals surface area contributed by atoms with Crippen molar-refractivity contribution in [2.75, 3.05) is 5.32 Å². The Morgan fingerprint density at radius 3 is 3.00 bits per heavy atom. The maximum Gasteiger partial charge on any atom is 0.261 e. The van der Waals surface area contributed by atoms with Crippen molar-refractivity contribution in [2.24, 2.45) is 0 Å². The number of nitrogens with one attached hydrogen (secondary N) is 2. The highest BCUT2D eigenvalue weighted by Crippen LogP contribution is 2.17. The van der Waals surface area contributed by atoms with Crippen LogP contribution in [0.1, 0.15) is 10.4 Å². The number of nitrogens with zero attached hydrogens (tertiary/aromatic N) is 1. The van der Waals surface area contributed by atoms with Gasteiger partial charge in [-0.3, -0.25) is 9.89 Å². The molecular formula is C8H6ClN3O2. The fourth-order valence-electron chi connectivity index (χ4n) is 0.971. The van der Waals surface area contributed by atoms with Crippen molar-refractivity contribution in [3.8, 4) is 0 Å². The topological polar surface area (TPSA) is 70.9 Å². The number of carbonyl (C=O) groups excluding carboxylic acids is 1. The van der Waals surface area contributed by atoms with E-state index in [1.807, 2.05) is 0 Å². The Hall–Kier alpha value is -1.75. The van der Waals surface area contributed by atoms with Crippen molar-refractivity contribution in [3.05, 3.63) is 35.4 Å². The third-order valence-electron chi connectivity index (χ3n) is 1.61. The summed E-state index contributed by atoms with van der Waals surface area (Å²) in [6, 6.07) is 3.12. The average Bonchev–Trinajstić information content (AvgIpc) is 2.75. The summed E-state index contributed by atoms with van der Waals surface area (Å²) in [5.74, 6) is 0.167. The Bertz CT molecular complexity index is 435. The standard InChI is InChI=1S/C8H6ClN3O2/c9-7-5(2-4-14-7)8(13)11-6-1-3-10-12-6/h1-4H,(H2,10,11,12,13). The molecule has 0 aliphatic rings. The summed E-state index contributed by atoms with van der Waals surface area (Å²) in [5, 5.41) is 8.91. The Labute approximate surface area is 84.1 Å². The normalized spacial score (nSPS) is 10.1. The molecule has 0 spiro atoms. The van der Waals surface area contributed by atoms with Gasteiger partial charge in [0, 0.05) is 6.07 Å². The SMILES string of the molecule is O=C(Nc1ccn[nH]1)c1ccoc1Cl. The zero-order valence-electron chi connectivity index (χ0n) is 6.95. The molecule has 0 atom stereocenters. The molecule has 2 rings (SSSR count). The first-order valence-electron chi connectivity index (χ1n) is 3.81. The summed E-state index contributed by atoms with van der Waals surface area (Å²) in [6.07, 6.45) is 2.89. The maximum absolute atomic E-state index is 11.5. The molecule has 0 saturated heterocycles. The van der Waals surface area contributed by atoms with E-state index in [0.717, 1.165) is 0 Å². The number of carbonyl (C=O) groups is 1. The van der Waals surface area contributed by atoms with Crippen LogP contribution >= 0.6 is 11.6 Å². The lowest BCUT2D eigenvalue weighted by molar-refractivity contribution is 0.102. The molecule has 2 heterocycles. The molecule has 72 valence electrons. The number of hydrogen-bond acceptors (Lipinski definition) is 3. The van der Waals surface area contributed by atoms with E-state index in [1.165, 1.54) is 18.5 Å². The van der Waals surface area contributed by atoms with Crippen LogP contribution in [0.2, 0.25) is 5.22 Å². The Morgan fingerprint density at radius 1 is 1.57 bits per heavy atom. The molecule has 0 radical (unpaired) electrons. The van der Waals surface area contributed by atoms with Crippen molar-refractivity contribution in [2.45, 2.75) is 0 Å². The van der Waals surface area contributed by atoms with Gasteiger partial charge in [-0.1, -0.05) is 0 Å². The highest BCUT2D eigenvalue weighted by molar-refractivity contribution is 6.32. The van der Waals surface area contributed by atoms with Gasteiger partial charge in [-0.05, 0) is 17.7 Å². The van der Waals surface area contributed by atoms with Crippen molar-refractivity contribution >= 4 is 23.3 Å². The molecule has 0 fully saturated rings. The van der Waals surface area contributed by atoms with Gasteiger partial charge in [0.2, 0.25) is 5.22 Å². The lowest BCUT2D eigenvalue weighted by Crippen LogP contribution is -2.11. The average molecular weight is 212 g/mol. The molecule has 0 saturated carbocycles. The van der Waals surface area contributed by atoms with E-state index in [-0.39, 0.29) is 11.1 Å². The third kappa shape index (κ3) is 1.62. The Morgan fingerprint density at radius 2 is 2.43 bits per heavy atom. The number of H-pyrrole nitrogens is 1. The third-order valence-corrected chi connectivity index (χ3v) is 1.90. The second kappa shape index (κ2) is 3.55. The van der Waals surface area contributed by atoms with Crippen LogP contribution in [0.3, 0.4) is 0 Å². The fraction of sp³-hybridized carbons (Fsp3) is 0. The van der Waals surface area contributed by atoms with Crippen LogP contribution in [0.5, 0.6) is 0 Å². The van der Waals surface area contributed by atoms with E-state index in [2.05, 4.69) is 15.5 Å². The number of furan rings is 1. The second-order valence-corrected chi connectivity index (χ2v) is 2.88. The van der Waals surface area contributed by atoms with Gasteiger partial charge >= 0.3 is 0 Å². The molecule has 0 aliphatic heterocycles. The first-order valence-corrected chi connectivity index (χ1v) is 4.19. The number of amides is 1. The summed E-state index contributed by atoms with van der Waals surface area (Å²) in [6.45, 7) is 0. The summed E-state index contributed by atoms with van der Waals surface area (Å²) < 4.78 is 4.78. The molecule has 5 nitrogen and oxygen atoms in total. The quantitative estimate of drug-likeness (QED) is 0.797. The number of hydrogen-bond donors (Lipinski definition) is 2. The van der Waals surface area contributed by atoms with E-state index in [1.54, 1.807) is 6.07 Å². The monoisotopic (exact) mass is 211 g/mol. The maximum atomic E-state index is 11.5. The Kier molecular flexibility index (Phi) is 2.24. The van der Waals surface area contributed by atoms with Crippen LogP contribution in [-0.4, -0.2) is 16.1 Å². The molecule has 6 heteroatoms. The van der Waals surface area contributed by atoms with Gasteiger partial charge in [-0.25, -0.2) is 0 Å². The number of aromatic amines is 1. The summed E-state index contributed by atoms with van der Waals surface area (Å²) in [7, 11) is 0. The van der Waals surface area contributed by atoms with Gasteiger partial charge in [-0.15, -0.1) is 0 Å². The minimum Gasteiger partial charge on any atom is -0.452 e. The second-order valence-electron chi connectivity index (χ2n) is 2.53. The largest absolute Gasteiger partial charge is 0.452 e. The predicted molar refractivity (Wildman–Crippen MR) is 50.3 cm³/mol. The molecule has 1 amide bonds. The van der Waals surface area contributed by atoms with Crippen molar-refractivity contribution < 1.29 is 9.21 Å². The molecule has 0 aromatic carbocycles. The first-order chi connectivity index (χ1) is 6.77. The zero-order chi connectivity index (χ0) is 9.97. The summed E-state index contributed by atoms with van der Waals surface area (Å²) >= 11 is 5.62. The lowest BCUT2D eigenvalue weighted by atomic mass is 10.3. The van der Waals surface area contributed by atoms with Gasteiger partial charge in [0.15, 0.2) is 0 Å². The van der Waals surface area contributed by atoms with Gasteiger partial charge in [0.05, 0.1) is 18.0 Å². The van der Waals surface area contributed by atoms with E-state index in [9.17, 15) is 4.79 Å². The molecule has 0 bridgehead atoms. The van der Waals surface area contributed by atoms with Crippen LogP contribution in [0.15, 0.2) is 29.0 Å². The highest BCUT2D eigenvalue weighted by atomic mass is 35.5. The molecule has 2 aromatic heterocycles. The number of rotatable bonds is 2. The Balaban J connectivity index is 2.14. The summed E-state index contributed by atoms with van der Waals surface area (Å²) in [4.78, 5) is 11.5. The van der Waals surface area contributed by atoms with Crippen LogP contribution < -0.4 is 5.32 Å². The van der Waals surface area contributed by atoms with E-state index in [4.69, 9.17) is 16.0 Å². The van der Waals surface area contributed by atoms with E-state index in [0.29, 0.717) is 11.4 Å². The van der Waals surface area contributed by atoms with Gasteiger partial charge < -0.3 is 9.73 Å². The number of aromatic nitrogens is 2.